The van der Waals surface area contributed by atoms with E-state index in [1.807, 2.05) is 43.3 Å². The molecule has 1 atom stereocenters. The van der Waals surface area contributed by atoms with Crippen molar-refractivity contribution in [1.29, 1.82) is 0 Å². The number of hydrogen-bond donors (Lipinski definition) is 2. The summed E-state index contributed by atoms with van der Waals surface area (Å²) in [6, 6.07) is 12.5. The lowest BCUT2D eigenvalue weighted by Gasteiger charge is -2.10. The van der Waals surface area contributed by atoms with Crippen molar-refractivity contribution in [1.82, 2.24) is 5.32 Å². The van der Waals surface area contributed by atoms with Crippen molar-refractivity contribution in [2.24, 2.45) is 0 Å². The van der Waals surface area contributed by atoms with Crippen molar-refractivity contribution >= 4 is 33.8 Å². The van der Waals surface area contributed by atoms with Crippen LogP contribution in [0.1, 0.15) is 24.5 Å². The zero-order valence-corrected chi connectivity index (χ0v) is 17.1. The third kappa shape index (κ3) is 3.94. The van der Waals surface area contributed by atoms with E-state index in [2.05, 4.69) is 5.32 Å². The molecular formula is C24H21NO6. The largest absolute Gasteiger partial charge is 0.480 e. The Hall–Kier alpha value is -3.87. The average Bonchev–Trinajstić information content (AvgIpc) is 3.15. The minimum absolute atomic E-state index is 0.0159. The minimum Gasteiger partial charge on any atom is -0.480 e. The number of hydrogen-bond acceptors (Lipinski definition) is 5. The topological polar surface area (TPSA) is 110 Å². The van der Waals surface area contributed by atoms with Crippen molar-refractivity contribution in [3.8, 4) is 11.1 Å². The van der Waals surface area contributed by atoms with Crippen LogP contribution < -0.4 is 10.9 Å². The summed E-state index contributed by atoms with van der Waals surface area (Å²) in [7, 11) is 0. The molecular weight excluding hydrogens is 398 g/mol. The smallest absolute Gasteiger partial charge is 0.339 e. The predicted octanol–water partition coefficient (Wildman–Crippen LogP) is 4.04. The molecule has 0 aliphatic carbocycles. The Morgan fingerprint density at radius 2 is 1.84 bits per heavy atom. The van der Waals surface area contributed by atoms with Gasteiger partial charge in [0.15, 0.2) is 0 Å². The molecule has 2 heterocycles. The summed E-state index contributed by atoms with van der Waals surface area (Å²) >= 11 is 0. The lowest BCUT2D eigenvalue weighted by atomic mass is 9.99. The van der Waals surface area contributed by atoms with Crippen molar-refractivity contribution < 1.29 is 23.5 Å². The number of benzene rings is 2. The van der Waals surface area contributed by atoms with E-state index in [9.17, 15) is 14.4 Å². The summed E-state index contributed by atoms with van der Waals surface area (Å²) in [4.78, 5) is 35.5. The predicted molar refractivity (Wildman–Crippen MR) is 116 cm³/mol. The van der Waals surface area contributed by atoms with Crippen LogP contribution in [0.15, 0.2) is 62.4 Å². The molecule has 0 radical (unpaired) electrons. The Bertz CT molecular complexity index is 1350. The molecule has 2 aromatic heterocycles. The van der Waals surface area contributed by atoms with Crippen LogP contribution in [0.3, 0.4) is 0 Å². The zero-order chi connectivity index (χ0) is 22.1. The van der Waals surface area contributed by atoms with Crippen LogP contribution in [-0.4, -0.2) is 23.0 Å². The van der Waals surface area contributed by atoms with Crippen LogP contribution in [0.25, 0.3) is 33.1 Å². The number of furan rings is 1. The first-order valence-electron chi connectivity index (χ1n) is 9.90. The van der Waals surface area contributed by atoms with Gasteiger partial charge in [-0.1, -0.05) is 30.3 Å². The lowest BCUT2D eigenvalue weighted by Crippen LogP contribution is -2.38. The second-order valence-electron chi connectivity index (χ2n) is 7.48. The molecule has 1 amide bonds. The first kappa shape index (κ1) is 20.4. The van der Waals surface area contributed by atoms with E-state index >= 15 is 0 Å². The molecule has 0 spiro atoms. The second kappa shape index (κ2) is 8.10. The number of carbonyl (C=O) groups is 2. The highest BCUT2D eigenvalue weighted by atomic mass is 16.4. The number of aryl methyl sites for hydroxylation is 1. The monoisotopic (exact) mass is 419 g/mol. The van der Waals surface area contributed by atoms with Crippen LogP contribution in [0.4, 0.5) is 0 Å². The molecule has 158 valence electrons. The summed E-state index contributed by atoms with van der Waals surface area (Å²) in [6.45, 7) is 3.21. The van der Waals surface area contributed by atoms with Gasteiger partial charge in [0.1, 0.15) is 17.2 Å². The Balaban J connectivity index is 1.71. The van der Waals surface area contributed by atoms with Gasteiger partial charge in [-0.2, -0.15) is 0 Å². The molecule has 0 saturated heterocycles. The van der Waals surface area contributed by atoms with Gasteiger partial charge < -0.3 is 19.3 Å². The van der Waals surface area contributed by atoms with Gasteiger partial charge in [0.05, 0.1) is 6.26 Å². The van der Waals surface area contributed by atoms with E-state index < -0.39 is 23.5 Å². The normalized spacial score (nSPS) is 12.2. The van der Waals surface area contributed by atoms with Crippen LogP contribution >= 0.6 is 0 Å². The van der Waals surface area contributed by atoms with Gasteiger partial charge in [-0.15, -0.1) is 0 Å². The van der Waals surface area contributed by atoms with E-state index in [0.29, 0.717) is 16.7 Å². The molecule has 0 bridgehead atoms. The van der Waals surface area contributed by atoms with Crippen molar-refractivity contribution in [3.05, 3.63) is 70.3 Å². The first-order valence-corrected chi connectivity index (χ1v) is 9.90. The third-order valence-electron chi connectivity index (χ3n) is 5.42. The molecule has 0 fully saturated rings. The SMILES string of the molecule is Cc1c(CCC(=O)N[C@@H](C)C(=O)O)c(=O)oc2cc3occ(-c4ccccc4)c3cc12. The fraction of sp³-hybridized carbons (Fsp3) is 0.208. The molecule has 4 rings (SSSR count). The number of fused-ring (bicyclic) bond motifs is 2. The lowest BCUT2D eigenvalue weighted by molar-refractivity contribution is -0.141. The first-order chi connectivity index (χ1) is 14.8. The van der Waals surface area contributed by atoms with Gasteiger partial charge in [-0.3, -0.25) is 9.59 Å². The number of carboxylic acid groups (broad SMARTS) is 1. The zero-order valence-electron chi connectivity index (χ0n) is 17.1. The molecule has 7 heteroatoms. The van der Waals surface area contributed by atoms with E-state index in [1.165, 1.54) is 6.92 Å². The van der Waals surface area contributed by atoms with Gasteiger partial charge in [0.25, 0.3) is 0 Å². The highest BCUT2D eigenvalue weighted by molar-refractivity contribution is 6.02. The second-order valence-corrected chi connectivity index (χ2v) is 7.48. The average molecular weight is 419 g/mol. The van der Waals surface area contributed by atoms with Gasteiger partial charge in [-0.05, 0) is 37.5 Å². The number of aliphatic carboxylic acids is 1. The van der Waals surface area contributed by atoms with E-state index in [-0.39, 0.29) is 12.8 Å². The molecule has 0 aliphatic rings. The van der Waals surface area contributed by atoms with Crippen molar-refractivity contribution in [2.75, 3.05) is 0 Å². The molecule has 0 aliphatic heterocycles. The Labute approximate surface area is 177 Å². The highest BCUT2D eigenvalue weighted by Crippen LogP contribution is 2.34. The van der Waals surface area contributed by atoms with Crippen molar-refractivity contribution in [3.63, 3.8) is 0 Å². The van der Waals surface area contributed by atoms with Crippen molar-refractivity contribution in [2.45, 2.75) is 32.7 Å². The number of nitrogens with one attached hydrogen (secondary N) is 1. The van der Waals surface area contributed by atoms with Gasteiger partial charge >= 0.3 is 11.6 Å². The summed E-state index contributed by atoms with van der Waals surface area (Å²) in [6.07, 6.45) is 1.82. The molecule has 31 heavy (non-hydrogen) atoms. The number of amides is 1. The van der Waals surface area contributed by atoms with E-state index in [0.717, 1.165) is 27.5 Å². The van der Waals surface area contributed by atoms with E-state index in [1.54, 1.807) is 12.3 Å². The Morgan fingerprint density at radius 3 is 2.55 bits per heavy atom. The van der Waals surface area contributed by atoms with E-state index in [4.69, 9.17) is 13.9 Å². The number of rotatable bonds is 6. The molecule has 2 aromatic carbocycles. The Morgan fingerprint density at radius 1 is 1.10 bits per heavy atom. The van der Waals surface area contributed by atoms with Crippen LogP contribution in [0, 0.1) is 6.92 Å². The third-order valence-corrected chi connectivity index (χ3v) is 5.42. The summed E-state index contributed by atoms with van der Waals surface area (Å²) in [5.41, 5.74) is 3.59. The molecule has 0 saturated carbocycles. The maximum absolute atomic E-state index is 12.5. The summed E-state index contributed by atoms with van der Waals surface area (Å²) < 4.78 is 11.2. The number of carbonyl (C=O) groups excluding carboxylic acids is 1. The molecule has 7 nitrogen and oxygen atoms in total. The summed E-state index contributed by atoms with van der Waals surface area (Å²) in [5, 5.41) is 13.0. The quantitative estimate of drug-likeness (QED) is 0.457. The van der Waals surface area contributed by atoms with Gasteiger partial charge in [0, 0.05) is 34.4 Å². The standard InChI is InChI=1S/C24H21NO6/c1-13-16(8-9-22(26)25-14(2)23(27)28)24(29)31-21-11-20-18(10-17(13)21)19(12-30-20)15-6-4-3-5-7-15/h3-7,10-12,14H,8-9H2,1-2H3,(H,25,26)(H,27,28)/t14-/m0/s1. The Kier molecular flexibility index (Phi) is 5.33. The maximum Gasteiger partial charge on any atom is 0.339 e. The fourth-order valence-electron chi connectivity index (χ4n) is 3.65. The molecule has 2 N–H and O–H groups in total. The highest BCUT2D eigenvalue weighted by Gasteiger charge is 2.18. The maximum atomic E-state index is 12.5. The van der Waals surface area contributed by atoms with Gasteiger partial charge in [-0.25, -0.2) is 4.79 Å². The molecule has 4 aromatic rings. The van der Waals surface area contributed by atoms with Crippen LogP contribution in [0.2, 0.25) is 0 Å². The number of carboxylic acids is 1. The molecule has 0 unspecified atom stereocenters. The summed E-state index contributed by atoms with van der Waals surface area (Å²) in [5.74, 6) is -1.56. The minimum atomic E-state index is -1.12. The van der Waals surface area contributed by atoms with Crippen LogP contribution in [-0.2, 0) is 16.0 Å². The van der Waals surface area contributed by atoms with Gasteiger partial charge in [0.2, 0.25) is 5.91 Å². The van der Waals surface area contributed by atoms with Crippen LogP contribution in [0.5, 0.6) is 0 Å². The fourth-order valence-corrected chi connectivity index (χ4v) is 3.65.